The van der Waals surface area contributed by atoms with Gasteiger partial charge in [0.25, 0.3) is 0 Å². The van der Waals surface area contributed by atoms with Gasteiger partial charge in [-0.05, 0) is 16.7 Å². The summed E-state index contributed by atoms with van der Waals surface area (Å²) in [4.78, 5) is 2.34. The molecule has 3 nitrogen and oxygen atoms in total. The fourth-order valence-electron chi connectivity index (χ4n) is 2.25. The van der Waals surface area contributed by atoms with E-state index in [1.807, 2.05) is 18.2 Å². The highest BCUT2D eigenvalue weighted by molar-refractivity contribution is 5.22. The van der Waals surface area contributed by atoms with Crippen LogP contribution in [0.4, 0.5) is 0 Å². The first-order valence-corrected chi connectivity index (χ1v) is 6.97. The van der Waals surface area contributed by atoms with E-state index in [4.69, 9.17) is 10.8 Å². The van der Waals surface area contributed by atoms with Crippen molar-refractivity contribution in [2.24, 2.45) is 5.73 Å². The van der Waals surface area contributed by atoms with Gasteiger partial charge in [0, 0.05) is 26.2 Å². The number of aliphatic hydroxyl groups excluding tert-OH is 1. The van der Waals surface area contributed by atoms with E-state index in [-0.39, 0.29) is 6.61 Å². The number of nitrogens with two attached hydrogens (primary N) is 1. The Morgan fingerprint density at radius 3 is 1.90 bits per heavy atom. The lowest BCUT2D eigenvalue weighted by Crippen LogP contribution is -2.28. The van der Waals surface area contributed by atoms with Gasteiger partial charge in [-0.2, -0.15) is 0 Å². The first-order chi connectivity index (χ1) is 9.81. The molecule has 0 saturated carbocycles. The third kappa shape index (κ3) is 4.46. The zero-order chi connectivity index (χ0) is 14.2. The van der Waals surface area contributed by atoms with Crippen molar-refractivity contribution in [2.45, 2.75) is 19.7 Å². The lowest BCUT2D eigenvalue weighted by molar-refractivity contribution is 0.264. The Morgan fingerprint density at radius 2 is 1.35 bits per heavy atom. The first kappa shape index (κ1) is 14.7. The summed E-state index contributed by atoms with van der Waals surface area (Å²) in [5.41, 5.74) is 9.20. The van der Waals surface area contributed by atoms with Crippen LogP contribution in [0.1, 0.15) is 16.7 Å². The van der Waals surface area contributed by atoms with E-state index in [9.17, 15) is 0 Å². The molecule has 2 aromatic carbocycles. The molecule has 0 aromatic heterocycles. The predicted octanol–water partition coefficient (Wildman–Crippen LogP) is 2.14. The van der Waals surface area contributed by atoms with Crippen LogP contribution in [-0.4, -0.2) is 23.1 Å². The molecule has 3 heteroatoms. The molecule has 0 bridgehead atoms. The highest BCUT2D eigenvalue weighted by Gasteiger charge is 2.06. The second kappa shape index (κ2) is 7.80. The molecule has 0 amide bonds. The molecule has 106 valence electrons. The highest BCUT2D eigenvalue weighted by Crippen LogP contribution is 2.11. The van der Waals surface area contributed by atoms with Crippen LogP contribution in [0.25, 0.3) is 0 Å². The maximum atomic E-state index is 9.06. The van der Waals surface area contributed by atoms with Crippen LogP contribution in [0, 0.1) is 0 Å². The Labute approximate surface area is 120 Å². The largest absolute Gasteiger partial charge is 0.392 e. The molecule has 0 saturated heterocycles. The smallest absolute Gasteiger partial charge is 0.0681 e. The summed E-state index contributed by atoms with van der Waals surface area (Å²) in [6.45, 7) is 3.40. The average Bonchev–Trinajstić information content (AvgIpc) is 2.49. The fraction of sp³-hybridized carbons (Fsp3) is 0.294. The van der Waals surface area contributed by atoms with Crippen LogP contribution in [0.5, 0.6) is 0 Å². The van der Waals surface area contributed by atoms with Crippen molar-refractivity contribution in [1.82, 2.24) is 4.90 Å². The molecule has 0 aliphatic carbocycles. The lowest BCUT2D eigenvalue weighted by Gasteiger charge is -2.22. The predicted molar refractivity (Wildman–Crippen MR) is 82.0 cm³/mol. The normalized spacial score (nSPS) is 10.9. The Kier molecular flexibility index (Phi) is 5.74. The zero-order valence-electron chi connectivity index (χ0n) is 11.7. The van der Waals surface area contributed by atoms with Gasteiger partial charge >= 0.3 is 0 Å². The number of rotatable bonds is 7. The van der Waals surface area contributed by atoms with Crippen LogP contribution < -0.4 is 5.73 Å². The summed E-state index contributed by atoms with van der Waals surface area (Å²) >= 11 is 0. The second-order valence-electron chi connectivity index (χ2n) is 4.96. The summed E-state index contributed by atoms with van der Waals surface area (Å²) in [5, 5.41) is 9.06. The topological polar surface area (TPSA) is 49.5 Å². The standard InChI is InChI=1S/C17H22N2O/c18-10-11-19(12-15-4-2-1-3-5-15)13-16-6-8-17(14-20)9-7-16/h1-9,20H,10-14,18H2. The number of benzene rings is 2. The van der Waals surface area contributed by atoms with E-state index in [0.717, 1.165) is 25.2 Å². The molecular weight excluding hydrogens is 248 g/mol. The van der Waals surface area contributed by atoms with Crippen molar-refractivity contribution in [1.29, 1.82) is 0 Å². The third-order valence-electron chi connectivity index (χ3n) is 3.31. The van der Waals surface area contributed by atoms with Gasteiger partial charge < -0.3 is 10.8 Å². The molecule has 0 fully saturated rings. The van der Waals surface area contributed by atoms with Crippen molar-refractivity contribution in [3.05, 3.63) is 71.3 Å². The molecule has 2 rings (SSSR count). The first-order valence-electron chi connectivity index (χ1n) is 6.97. The van der Waals surface area contributed by atoms with Gasteiger partial charge in [0.1, 0.15) is 0 Å². The monoisotopic (exact) mass is 270 g/mol. The second-order valence-corrected chi connectivity index (χ2v) is 4.96. The molecule has 0 spiro atoms. The minimum Gasteiger partial charge on any atom is -0.392 e. The summed E-state index contributed by atoms with van der Waals surface area (Å²) in [5.74, 6) is 0. The SMILES string of the molecule is NCCN(Cc1ccccc1)Cc1ccc(CO)cc1. The van der Waals surface area contributed by atoms with Crippen LogP contribution in [0.2, 0.25) is 0 Å². The van der Waals surface area contributed by atoms with Crippen LogP contribution in [0.15, 0.2) is 54.6 Å². The Balaban J connectivity index is 2.00. The maximum Gasteiger partial charge on any atom is 0.0681 e. The van der Waals surface area contributed by atoms with E-state index < -0.39 is 0 Å². The van der Waals surface area contributed by atoms with Gasteiger partial charge in [0.15, 0.2) is 0 Å². The molecule has 0 aliphatic heterocycles. The van der Waals surface area contributed by atoms with Gasteiger partial charge in [0.05, 0.1) is 6.61 Å². The van der Waals surface area contributed by atoms with Crippen LogP contribution in [0.3, 0.4) is 0 Å². The third-order valence-corrected chi connectivity index (χ3v) is 3.31. The van der Waals surface area contributed by atoms with Crippen molar-refractivity contribution in [3.63, 3.8) is 0 Å². The Morgan fingerprint density at radius 1 is 0.800 bits per heavy atom. The van der Waals surface area contributed by atoms with E-state index in [1.54, 1.807) is 0 Å². The molecule has 0 aliphatic rings. The summed E-state index contributed by atoms with van der Waals surface area (Å²) < 4.78 is 0. The van der Waals surface area contributed by atoms with Crippen LogP contribution in [-0.2, 0) is 19.7 Å². The number of aliphatic hydroxyl groups is 1. The number of hydrogen-bond donors (Lipinski definition) is 2. The Bertz CT molecular complexity index is 496. The fourth-order valence-corrected chi connectivity index (χ4v) is 2.25. The van der Waals surface area contributed by atoms with Gasteiger partial charge in [-0.1, -0.05) is 54.6 Å². The van der Waals surface area contributed by atoms with E-state index in [1.165, 1.54) is 11.1 Å². The van der Waals surface area contributed by atoms with Gasteiger partial charge in [-0.15, -0.1) is 0 Å². The van der Waals surface area contributed by atoms with Gasteiger partial charge in [-0.25, -0.2) is 0 Å². The number of hydrogen-bond acceptors (Lipinski definition) is 3. The number of nitrogens with zero attached hydrogens (tertiary/aromatic N) is 1. The lowest BCUT2D eigenvalue weighted by atomic mass is 10.1. The molecule has 0 heterocycles. The molecule has 0 atom stereocenters. The molecule has 0 radical (unpaired) electrons. The summed E-state index contributed by atoms with van der Waals surface area (Å²) in [6.07, 6.45) is 0. The maximum absolute atomic E-state index is 9.06. The average molecular weight is 270 g/mol. The molecule has 0 unspecified atom stereocenters. The van der Waals surface area contributed by atoms with Gasteiger partial charge in [0.2, 0.25) is 0 Å². The van der Waals surface area contributed by atoms with Crippen molar-refractivity contribution in [3.8, 4) is 0 Å². The van der Waals surface area contributed by atoms with E-state index in [2.05, 4.69) is 41.3 Å². The minimum atomic E-state index is 0.0941. The summed E-state index contributed by atoms with van der Waals surface area (Å²) in [7, 11) is 0. The van der Waals surface area contributed by atoms with Crippen molar-refractivity contribution >= 4 is 0 Å². The Hall–Kier alpha value is -1.68. The summed E-state index contributed by atoms with van der Waals surface area (Å²) in [6, 6.07) is 18.5. The van der Waals surface area contributed by atoms with Crippen molar-refractivity contribution < 1.29 is 5.11 Å². The quantitative estimate of drug-likeness (QED) is 0.810. The highest BCUT2D eigenvalue weighted by atomic mass is 16.3. The molecule has 20 heavy (non-hydrogen) atoms. The van der Waals surface area contributed by atoms with Crippen molar-refractivity contribution in [2.75, 3.05) is 13.1 Å². The van der Waals surface area contributed by atoms with Gasteiger partial charge in [-0.3, -0.25) is 4.90 Å². The van der Waals surface area contributed by atoms with E-state index >= 15 is 0 Å². The minimum absolute atomic E-state index is 0.0941. The molecule has 3 N–H and O–H groups in total. The van der Waals surface area contributed by atoms with E-state index in [0.29, 0.717) is 6.54 Å². The molecule has 2 aromatic rings. The van der Waals surface area contributed by atoms with Crippen LogP contribution >= 0.6 is 0 Å². The zero-order valence-corrected chi connectivity index (χ0v) is 11.7. The molecular formula is C17H22N2O.